The molecule has 2 aliphatic heterocycles. The van der Waals surface area contributed by atoms with E-state index in [1.807, 2.05) is 4.90 Å². The SMILES string of the molecule is O=C(NCc1nc(N2CC[C@H](Oc3ccccc3C(F)(F)F)C2)sc1C(=O)O)c1cnc(N2CC[C@H](Oc3ccccc3C(F)(F)F)C2)s1. The predicted octanol–water partition coefficient (Wildman–Crippen LogP) is 6.58. The molecule has 6 rings (SSSR count). The van der Waals surface area contributed by atoms with Crippen LogP contribution < -0.4 is 24.6 Å². The van der Waals surface area contributed by atoms with Crippen LogP contribution in [0.25, 0.3) is 0 Å². The summed E-state index contributed by atoms with van der Waals surface area (Å²) in [6, 6.07) is 9.92. The minimum Gasteiger partial charge on any atom is -0.488 e. The lowest BCUT2D eigenvalue weighted by atomic mass is 10.2. The molecule has 0 unspecified atom stereocenters. The van der Waals surface area contributed by atoms with Crippen molar-refractivity contribution in [3.05, 3.63) is 81.3 Å². The zero-order valence-electron chi connectivity index (χ0n) is 25.3. The number of nitrogens with one attached hydrogen (secondary N) is 1. The first kappa shape index (κ1) is 34.3. The van der Waals surface area contributed by atoms with E-state index in [0.29, 0.717) is 36.2 Å². The highest BCUT2D eigenvalue weighted by Gasteiger charge is 2.37. The van der Waals surface area contributed by atoms with Crippen molar-refractivity contribution in [2.75, 3.05) is 36.0 Å². The first-order chi connectivity index (χ1) is 23.3. The van der Waals surface area contributed by atoms with Crippen molar-refractivity contribution in [3.63, 3.8) is 0 Å². The highest BCUT2D eigenvalue weighted by molar-refractivity contribution is 7.17. The molecule has 0 radical (unpaired) electrons. The number of hydrogen-bond acceptors (Lipinski definition) is 10. The highest BCUT2D eigenvalue weighted by Crippen LogP contribution is 2.39. The molecule has 2 aromatic heterocycles. The van der Waals surface area contributed by atoms with Crippen LogP contribution in [0.5, 0.6) is 11.5 Å². The molecule has 0 saturated carbocycles. The first-order valence-corrected chi connectivity index (χ1v) is 16.5. The molecule has 2 atom stereocenters. The van der Waals surface area contributed by atoms with Gasteiger partial charge in [-0.2, -0.15) is 26.3 Å². The molecule has 18 heteroatoms. The average molecular weight is 728 g/mol. The van der Waals surface area contributed by atoms with E-state index in [2.05, 4.69) is 15.3 Å². The number of aromatic carboxylic acids is 1. The number of nitrogens with zero attached hydrogens (tertiary/aromatic N) is 4. The van der Waals surface area contributed by atoms with Gasteiger partial charge >= 0.3 is 18.3 Å². The van der Waals surface area contributed by atoms with Gasteiger partial charge in [-0.3, -0.25) is 4.79 Å². The van der Waals surface area contributed by atoms with Gasteiger partial charge in [-0.25, -0.2) is 14.8 Å². The van der Waals surface area contributed by atoms with Gasteiger partial charge in [-0.1, -0.05) is 46.9 Å². The van der Waals surface area contributed by atoms with Crippen molar-refractivity contribution in [3.8, 4) is 11.5 Å². The molecule has 4 aromatic rings. The molecule has 2 aliphatic rings. The van der Waals surface area contributed by atoms with Gasteiger partial charge in [0.05, 0.1) is 42.7 Å². The smallest absolute Gasteiger partial charge is 0.419 e. The average Bonchev–Trinajstić information content (AvgIpc) is 3.86. The summed E-state index contributed by atoms with van der Waals surface area (Å²) in [5.74, 6) is -2.32. The fourth-order valence-corrected chi connectivity index (χ4v) is 7.31. The van der Waals surface area contributed by atoms with Crippen LogP contribution in [0, 0.1) is 0 Å². The van der Waals surface area contributed by atoms with Crippen LogP contribution in [0.15, 0.2) is 54.7 Å². The Labute approximate surface area is 282 Å². The number of ether oxygens (including phenoxy) is 2. The second-order valence-electron chi connectivity index (χ2n) is 11.2. The number of alkyl halides is 6. The number of aromatic nitrogens is 2. The van der Waals surface area contributed by atoms with Gasteiger partial charge in [0, 0.05) is 25.9 Å². The molecular weight excluding hydrogens is 700 g/mol. The van der Waals surface area contributed by atoms with E-state index in [-0.39, 0.29) is 46.6 Å². The van der Waals surface area contributed by atoms with E-state index >= 15 is 0 Å². The summed E-state index contributed by atoms with van der Waals surface area (Å²) >= 11 is 1.96. The second-order valence-corrected chi connectivity index (χ2v) is 13.2. The Morgan fingerprint density at radius 2 is 1.37 bits per heavy atom. The number of hydrogen-bond donors (Lipinski definition) is 2. The molecule has 0 aliphatic carbocycles. The molecule has 10 nitrogen and oxygen atoms in total. The number of anilines is 2. The summed E-state index contributed by atoms with van der Waals surface area (Å²) in [7, 11) is 0. The number of halogens is 6. The Bertz CT molecular complexity index is 1830. The normalized spacial score (nSPS) is 18.2. The van der Waals surface area contributed by atoms with E-state index in [1.165, 1.54) is 42.6 Å². The van der Waals surface area contributed by atoms with Crippen LogP contribution in [-0.2, 0) is 18.9 Å². The quantitative estimate of drug-likeness (QED) is 0.175. The number of carbonyl (C=O) groups excluding carboxylic acids is 1. The van der Waals surface area contributed by atoms with E-state index in [4.69, 9.17) is 9.47 Å². The topological polar surface area (TPSA) is 117 Å². The van der Waals surface area contributed by atoms with Crippen molar-refractivity contribution in [1.29, 1.82) is 0 Å². The van der Waals surface area contributed by atoms with Crippen LogP contribution in [0.3, 0.4) is 0 Å². The van der Waals surface area contributed by atoms with Crippen LogP contribution in [0.4, 0.5) is 36.6 Å². The zero-order valence-corrected chi connectivity index (χ0v) is 26.9. The van der Waals surface area contributed by atoms with Crippen LogP contribution in [-0.4, -0.2) is 65.3 Å². The zero-order chi connectivity index (χ0) is 34.9. The van der Waals surface area contributed by atoms with Gasteiger partial charge in [0.2, 0.25) is 0 Å². The molecule has 2 N–H and O–H groups in total. The molecule has 4 heterocycles. The van der Waals surface area contributed by atoms with Crippen molar-refractivity contribution < 1.29 is 50.5 Å². The second kappa shape index (κ2) is 13.7. The summed E-state index contributed by atoms with van der Waals surface area (Å²) in [6.45, 7) is 1.06. The number of para-hydroxylation sites is 2. The number of amides is 1. The number of benzene rings is 2. The molecule has 0 bridgehead atoms. The Balaban J connectivity index is 1.05. The van der Waals surface area contributed by atoms with Crippen molar-refractivity contribution >= 4 is 44.8 Å². The number of carbonyl (C=O) groups is 2. The number of thiazole rings is 2. The van der Waals surface area contributed by atoms with Gasteiger partial charge in [0.1, 0.15) is 33.5 Å². The van der Waals surface area contributed by atoms with Gasteiger partial charge in [0.25, 0.3) is 5.91 Å². The minimum absolute atomic E-state index is 0.0951. The lowest BCUT2D eigenvalue weighted by Gasteiger charge is -2.19. The maximum atomic E-state index is 13.4. The summed E-state index contributed by atoms with van der Waals surface area (Å²) < 4.78 is 91.6. The van der Waals surface area contributed by atoms with Crippen molar-refractivity contribution in [2.24, 2.45) is 0 Å². The molecule has 0 spiro atoms. The summed E-state index contributed by atoms with van der Waals surface area (Å²) in [6.07, 6.45) is -8.05. The summed E-state index contributed by atoms with van der Waals surface area (Å²) in [5, 5.41) is 13.2. The molecule has 1 amide bonds. The Morgan fingerprint density at radius 1 is 0.837 bits per heavy atom. The Kier molecular flexibility index (Phi) is 9.61. The fraction of sp³-hybridized carbons (Fsp3) is 0.355. The predicted molar refractivity (Wildman–Crippen MR) is 168 cm³/mol. The molecule has 260 valence electrons. The molecular formula is C31H27F6N5O5S2. The standard InChI is InChI=1S/C31H27F6N5O5S2/c32-30(33,34)19-5-1-3-7-22(19)46-17-9-11-41(15-17)28-39-14-24(48-28)26(43)38-13-21-25(27(44)45)49-29(40-21)42-12-10-18(16-42)47-23-8-4-2-6-20(23)31(35,36)37/h1-8,14,17-18H,9-13,15-16H2,(H,38,43)(H,44,45)/t17-,18-/m0/s1. The van der Waals surface area contributed by atoms with Gasteiger partial charge in [-0.15, -0.1) is 0 Å². The lowest BCUT2D eigenvalue weighted by Crippen LogP contribution is -2.25. The van der Waals surface area contributed by atoms with E-state index < -0.39 is 47.6 Å². The third-order valence-corrected chi connectivity index (χ3v) is 10.0. The van der Waals surface area contributed by atoms with E-state index in [1.54, 1.807) is 4.90 Å². The van der Waals surface area contributed by atoms with Gasteiger partial charge < -0.3 is 29.7 Å². The van der Waals surface area contributed by atoms with Crippen LogP contribution >= 0.6 is 22.7 Å². The third kappa shape index (κ3) is 7.85. The van der Waals surface area contributed by atoms with Gasteiger partial charge in [0.15, 0.2) is 10.3 Å². The summed E-state index contributed by atoms with van der Waals surface area (Å²) in [5.41, 5.74) is -1.63. The minimum atomic E-state index is -4.58. The molecule has 2 saturated heterocycles. The number of rotatable bonds is 10. The Hall–Kier alpha value is -4.58. The van der Waals surface area contributed by atoms with Crippen molar-refractivity contribution in [2.45, 2.75) is 43.9 Å². The van der Waals surface area contributed by atoms with Crippen LogP contribution in [0.1, 0.15) is 49.0 Å². The lowest BCUT2D eigenvalue weighted by molar-refractivity contribution is -0.140. The fourth-order valence-electron chi connectivity index (χ4n) is 5.49. The third-order valence-electron chi connectivity index (χ3n) is 7.82. The van der Waals surface area contributed by atoms with Crippen LogP contribution in [0.2, 0.25) is 0 Å². The number of carboxylic acids is 1. The molecule has 2 aromatic carbocycles. The molecule has 2 fully saturated rings. The van der Waals surface area contributed by atoms with E-state index in [0.717, 1.165) is 34.8 Å². The van der Waals surface area contributed by atoms with Gasteiger partial charge in [-0.05, 0) is 24.3 Å². The largest absolute Gasteiger partial charge is 0.488 e. The van der Waals surface area contributed by atoms with Crippen molar-refractivity contribution in [1.82, 2.24) is 15.3 Å². The van der Waals surface area contributed by atoms with E-state index in [9.17, 15) is 41.0 Å². The highest BCUT2D eigenvalue weighted by atomic mass is 32.1. The summed E-state index contributed by atoms with van der Waals surface area (Å²) in [4.78, 5) is 37.3. The maximum absolute atomic E-state index is 13.4. The first-order valence-electron chi connectivity index (χ1n) is 14.9. The Morgan fingerprint density at radius 3 is 1.90 bits per heavy atom. The molecule has 49 heavy (non-hydrogen) atoms. The maximum Gasteiger partial charge on any atom is 0.419 e. The monoisotopic (exact) mass is 727 g/mol. The number of carboxylic acid groups (broad SMARTS) is 1.